The number of halogens is 1. The van der Waals surface area contributed by atoms with Crippen LogP contribution in [0.2, 0.25) is 0 Å². The van der Waals surface area contributed by atoms with Crippen molar-refractivity contribution < 1.29 is 14.1 Å². The Kier molecular flexibility index (Phi) is 5.23. The van der Waals surface area contributed by atoms with Crippen LogP contribution in [0.25, 0.3) is 11.0 Å². The minimum absolute atomic E-state index is 0.185. The molecule has 0 fully saturated rings. The predicted molar refractivity (Wildman–Crippen MR) is 102 cm³/mol. The third-order valence-corrected chi connectivity index (χ3v) is 5.01. The van der Waals surface area contributed by atoms with Crippen LogP contribution in [0.15, 0.2) is 51.7 Å². The lowest BCUT2D eigenvalue weighted by Crippen LogP contribution is -2.84. The first-order valence-corrected chi connectivity index (χ1v) is 8.98. The van der Waals surface area contributed by atoms with Gasteiger partial charge in [-0.15, -0.1) is 0 Å². The molecule has 0 saturated heterocycles. The number of nitrogens with two attached hydrogens (primary N) is 1. The van der Waals surface area contributed by atoms with E-state index in [1.54, 1.807) is 6.07 Å². The molecule has 0 spiro atoms. The van der Waals surface area contributed by atoms with Crippen LogP contribution >= 0.6 is 0 Å². The zero-order valence-corrected chi connectivity index (χ0v) is 15.7. The summed E-state index contributed by atoms with van der Waals surface area (Å²) in [7, 11) is 0. The standard InChI is InChI=1S/C22H24FNO2/c1-13(2)22(16-5-7-18(23)8-6-16)24-12-17-11-21(25)26-20-10-15(4)14(3)9-19(17)20/h5-11,13,22,24H,12H2,1-4H3/p+1/t22-/m1/s1. The summed E-state index contributed by atoms with van der Waals surface area (Å²) in [5.41, 5.74) is 4.63. The molecule has 3 rings (SSSR count). The molecular weight excluding hydrogens is 329 g/mol. The lowest BCUT2D eigenvalue weighted by atomic mass is 9.95. The molecule has 26 heavy (non-hydrogen) atoms. The summed E-state index contributed by atoms with van der Waals surface area (Å²) in [5, 5.41) is 3.19. The maximum Gasteiger partial charge on any atom is 0.336 e. The molecule has 136 valence electrons. The second kappa shape index (κ2) is 7.42. The van der Waals surface area contributed by atoms with E-state index in [0.717, 1.165) is 22.1 Å². The Balaban J connectivity index is 1.93. The second-order valence-corrected chi connectivity index (χ2v) is 7.28. The van der Waals surface area contributed by atoms with Crippen LogP contribution in [-0.4, -0.2) is 0 Å². The lowest BCUT2D eigenvalue weighted by molar-refractivity contribution is -0.717. The summed E-state index contributed by atoms with van der Waals surface area (Å²) in [6, 6.07) is 12.4. The van der Waals surface area contributed by atoms with E-state index in [1.165, 1.54) is 17.7 Å². The highest BCUT2D eigenvalue weighted by Gasteiger charge is 2.20. The average molecular weight is 354 g/mol. The second-order valence-electron chi connectivity index (χ2n) is 7.28. The van der Waals surface area contributed by atoms with Gasteiger partial charge >= 0.3 is 5.63 Å². The molecule has 3 nitrogen and oxygen atoms in total. The van der Waals surface area contributed by atoms with Crippen molar-refractivity contribution in [3.05, 3.63) is 81.0 Å². The molecule has 1 heterocycles. The van der Waals surface area contributed by atoms with E-state index in [-0.39, 0.29) is 17.5 Å². The third kappa shape index (κ3) is 3.86. The Morgan fingerprint density at radius 1 is 1.04 bits per heavy atom. The fourth-order valence-corrected chi connectivity index (χ4v) is 3.38. The van der Waals surface area contributed by atoms with Crippen LogP contribution < -0.4 is 10.9 Å². The molecule has 0 radical (unpaired) electrons. The number of benzene rings is 2. The van der Waals surface area contributed by atoms with Crippen LogP contribution in [0.3, 0.4) is 0 Å². The lowest BCUT2D eigenvalue weighted by Gasteiger charge is -2.20. The molecule has 0 aliphatic rings. The summed E-state index contributed by atoms with van der Waals surface area (Å²) in [6.07, 6.45) is 0. The van der Waals surface area contributed by atoms with Crippen molar-refractivity contribution in [3.8, 4) is 0 Å². The third-order valence-electron chi connectivity index (χ3n) is 5.01. The van der Waals surface area contributed by atoms with Gasteiger partial charge in [0.15, 0.2) is 0 Å². The summed E-state index contributed by atoms with van der Waals surface area (Å²) in [6.45, 7) is 9.02. The van der Waals surface area contributed by atoms with Crippen molar-refractivity contribution in [1.29, 1.82) is 0 Å². The van der Waals surface area contributed by atoms with Gasteiger partial charge in [0.1, 0.15) is 24.0 Å². The molecule has 3 aromatic rings. The van der Waals surface area contributed by atoms with E-state index in [0.29, 0.717) is 18.0 Å². The van der Waals surface area contributed by atoms with E-state index in [4.69, 9.17) is 4.42 Å². The van der Waals surface area contributed by atoms with E-state index < -0.39 is 0 Å². The van der Waals surface area contributed by atoms with E-state index in [9.17, 15) is 9.18 Å². The fraction of sp³-hybridized carbons (Fsp3) is 0.318. The molecule has 0 aliphatic heterocycles. The highest BCUT2D eigenvalue weighted by molar-refractivity contribution is 5.81. The molecule has 1 aromatic heterocycles. The highest BCUT2D eigenvalue weighted by atomic mass is 19.1. The van der Waals surface area contributed by atoms with E-state index >= 15 is 0 Å². The summed E-state index contributed by atoms with van der Waals surface area (Å²) in [4.78, 5) is 12.0. The number of fused-ring (bicyclic) bond motifs is 1. The Morgan fingerprint density at radius 2 is 1.69 bits per heavy atom. The van der Waals surface area contributed by atoms with Gasteiger partial charge in [-0.3, -0.25) is 0 Å². The van der Waals surface area contributed by atoms with Crippen molar-refractivity contribution >= 4 is 11.0 Å². The molecule has 0 bridgehead atoms. The number of rotatable bonds is 5. The first-order chi connectivity index (χ1) is 12.3. The van der Waals surface area contributed by atoms with Crippen LogP contribution in [0, 0.1) is 25.6 Å². The topological polar surface area (TPSA) is 46.8 Å². The number of quaternary nitrogens is 1. The summed E-state index contributed by atoms with van der Waals surface area (Å²) in [5.74, 6) is 0.143. The smallest absolute Gasteiger partial charge is 0.336 e. The largest absolute Gasteiger partial charge is 0.423 e. The maximum absolute atomic E-state index is 13.2. The van der Waals surface area contributed by atoms with E-state index in [1.807, 2.05) is 25.1 Å². The van der Waals surface area contributed by atoms with Crippen molar-refractivity contribution in [2.75, 3.05) is 0 Å². The van der Waals surface area contributed by atoms with Crippen LogP contribution in [0.4, 0.5) is 4.39 Å². The SMILES string of the molecule is Cc1cc2oc(=O)cc(C[NH2+][C@@H](c3ccc(F)cc3)C(C)C)c2cc1C. The van der Waals surface area contributed by atoms with Gasteiger partial charge in [0.25, 0.3) is 0 Å². The van der Waals surface area contributed by atoms with Gasteiger partial charge in [-0.25, -0.2) is 9.18 Å². The fourth-order valence-electron chi connectivity index (χ4n) is 3.38. The quantitative estimate of drug-likeness (QED) is 0.704. The number of hydrogen-bond acceptors (Lipinski definition) is 2. The summed E-state index contributed by atoms with van der Waals surface area (Å²) >= 11 is 0. The number of aryl methyl sites for hydroxylation is 2. The molecule has 2 aromatic carbocycles. The van der Waals surface area contributed by atoms with Gasteiger partial charge in [0.2, 0.25) is 0 Å². The highest BCUT2D eigenvalue weighted by Crippen LogP contribution is 2.22. The Labute approximate surface area is 152 Å². The first kappa shape index (κ1) is 18.3. The van der Waals surface area contributed by atoms with Gasteiger partial charge in [0.05, 0.1) is 0 Å². The maximum atomic E-state index is 13.2. The normalized spacial score (nSPS) is 12.7. The van der Waals surface area contributed by atoms with Crippen molar-refractivity contribution in [3.63, 3.8) is 0 Å². The van der Waals surface area contributed by atoms with Crippen LogP contribution in [0.1, 0.15) is 42.1 Å². The zero-order valence-electron chi connectivity index (χ0n) is 15.7. The molecule has 0 amide bonds. The molecule has 1 atom stereocenters. The molecule has 0 aliphatic carbocycles. The number of hydrogen-bond donors (Lipinski definition) is 1. The van der Waals surface area contributed by atoms with Crippen molar-refractivity contribution in [1.82, 2.24) is 0 Å². The van der Waals surface area contributed by atoms with Gasteiger partial charge in [0, 0.05) is 28.5 Å². The Bertz CT molecular complexity index is 974. The van der Waals surface area contributed by atoms with Gasteiger partial charge in [-0.1, -0.05) is 26.0 Å². The molecule has 2 N–H and O–H groups in total. The molecule has 4 heteroatoms. The van der Waals surface area contributed by atoms with Gasteiger partial charge in [-0.2, -0.15) is 0 Å². The van der Waals surface area contributed by atoms with E-state index in [2.05, 4.69) is 32.2 Å². The zero-order chi connectivity index (χ0) is 18.8. The molecule has 0 saturated carbocycles. The van der Waals surface area contributed by atoms with Gasteiger partial charge in [-0.05, 0) is 49.2 Å². The minimum atomic E-state index is -0.327. The minimum Gasteiger partial charge on any atom is -0.423 e. The Hall–Kier alpha value is -2.46. The van der Waals surface area contributed by atoms with Crippen LogP contribution in [-0.2, 0) is 6.54 Å². The molecule has 0 unspecified atom stereocenters. The molecular formula is C22H25FNO2+. The van der Waals surface area contributed by atoms with Crippen molar-refractivity contribution in [2.45, 2.75) is 40.3 Å². The summed E-state index contributed by atoms with van der Waals surface area (Å²) < 4.78 is 18.6. The van der Waals surface area contributed by atoms with Crippen molar-refractivity contribution in [2.24, 2.45) is 5.92 Å². The van der Waals surface area contributed by atoms with Crippen LogP contribution in [0.5, 0.6) is 0 Å². The first-order valence-electron chi connectivity index (χ1n) is 8.98. The average Bonchev–Trinajstić information content (AvgIpc) is 2.58. The predicted octanol–water partition coefficient (Wildman–Crippen LogP) is 4.01. The monoisotopic (exact) mass is 354 g/mol. The van der Waals surface area contributed by atoms with Gasteiger partial charge < -0.3 is 9.73 Å². The Morgan fingerprint density at radius 3 is 2.35 bits per heavy atom.